The van der Waals surface area contributed by atoms with Crippen molar-refractivity contribution in [1.82, 2.24) is 14.7 Å². The third-order valence-electron chi connectivity index (χ3n) is 2.66. The summed E-state index contributed by atoms with van der Waals surface area (Å²) in [5.74, 6) is -0.309. The normalized spacial score (nSPS) is 17.4. The van der Waals surface area contributed by atoms with Crippen molar-refractivity contribution in [3.63, 3.8) is 0 Å². The first kappa shape index (κ1) is 15.0. The number of imide groups is 1. The lowest BCUT2D eigenvalue weighted by Gasteiger charge is -2.22. The first-order valence-corrected chi connectivity index (χ1v) is 6.58. The second kappa shape index (κ2) is 5.55. The lowest BCUT2D eigenvalue weighted by molar-refractivity contribution is -0.126. The number of carbonyl (C=O) groups is 2. The summed E-state index contributed by atoms with van der Waals surface area (Å²) < 4.78 is 6.82. The maximum absolute atomic E-state index is 11.9. The highest BCUT2D eigenvalue weighted by Gasteiger charge is 2.34. The molecule has 1 N–H and O–H groups in total. The molecule has 1 aromatic rings. The summed E-state index contributed by atoms with van der Waals surface area (Å²) in [6.07, 6.45) is 2.84. The van der Waals surface area contributed by atoms with Gasteiger partial charge in [0.1, 0.15) is 5.60 Å². The standard InChI is InChI=1S/C13H19N5O3/c1-13(2,3)21-12(20)18-8-9(5-11(18)19)15-16-10-6-14-17(4)7-10/h6-7,16H,5,8H2,1-4H3/b15-9+. The van der Waals surface area contributed by atoms with Crippen molar-refractivity contribution in [2.75, 3.05) is 12.0 Å². The zero-order valence-corrected chi connectivity index (χ0v) is 12.6. The molecule has 1 aromatic heterocycles. The van der Waals surface area contributed by atoms with Gasteiger partial charge in [0.15, 0.2) is 0 Å². The monoisotopic (exact) mass is 293 g/mol. The van der Waals surface area contributed by atoms with Crippen LogP contribution in [0.2, 0.25) is 0 Å². The minimum absolute atomic E-state index is 0.104. The molecule has 1 saturated heterocycles. The zero-order chi connectivity index (χ0) is 15.6. The molecule has 0 radical (unpaired) electrons. The molecule has 2 rings (SSSR count). The predicted octanol–water partition coefficient (Wildman–Crippen LogP) is 1.36. The molecule has 8 nitrogen and oxygen atoms in total. The fourth-order valence-corrected chi connectivity index (χ4v) is 1.78. The Hall–Kier alpha value is -2.38. The van der Waals surface area contributed by atoms with E-state index >= 15 is 0 Å². The molecule has 1 aliphatic rings. The van der Waals surface area contributed by atoms with E-state index < -0.39 is 11.7 Å². The number of anilines is 1. The Morgan fingerprint density at radius 3 is 2.76 bits per heavy atom. The fraction of sp³-hybridized carbons (Fsp3) is 0.538. The van der Waals surface area contributed by atoms with Gasteiger partial charge in [0.25, 0.3) is 0 Å². The van der Waals surface area contributed by atoms with Crippen molar-refractivity contribution >= 4 is 23.4 Å². The average Bonchev–Trinajstić information content (AvgIpc) is 2.91. The van der Waals surface area contributed by atoms with Gasteiger partial charge in [-0.1, -0.05) is 0 Å². The summed E-state index contributed by atoms with van der Waals surface area (Å²) >= 11 is 0. The van der Waals surface area contributed by atoms with Crippen molar-refractivity contribution in [3.8, 4) is 0 Å². The molecular formula is C13H19N5O3. The van der Waals surface area contributed by atoms with Crippen LogP contribution in [0.5, 0.6) is 0 Å². The van der Waals surface area contributed by atoms with Crippen LogP contribution in [0.15, 0.2) is 17.5 Å². The number of ether oxygens (including phenoxy) is 1. The molecular weight excluding hydrogens is 274 g/mol. The Morgan fingerprint density at radius 1 is 1.48 bits per heavy atom. The number of hydrogen-bond acceptors (Lipinski definition) is 6. The molecule has 0 bridgehead atoms. The summed E-state index contributed by atoms with van der Waals surface area (Å²) in [5, 5.41) is 8.12. The van der Waals surface area contributed by atoms with Crippen LogP contribution in [0.3, 0.4) is 0 Å². The molecule has 0 saturated carbocycles. The molecule has 2 amide bonds. The topological polar surface area (TPSA) is 88.8 Å². The van der Waals surface area contributed by atoms with Gasteiger partial charge in [-0.25, -0.2) is 9.69 Å². The minimum atomic E-state index is -0.640. The Labute approximate surface area is 122 Å². The van der Waals surface area contributed by atoms with Gasteiger partial charge in [-0.3, -0.25) is 14.9 Å². The van der Waals surface area contributed by atoms with E-state index in [0.717, 1.165) is 4.90 Å². The summed E-state index contributed by atoms with van der Waals surface area (Å²) in [4.78, 5) is 24.8. The third-order valence-corrected chi connectivity index (χ3v) is 2.66. The van der Waals surface area contributed by atoms with Crippen molar-refractivity contribution in [1.29, 1.82) is 0 Å². The van der Waals surface area contributed by atoms with Crippen LogP contribution in [0, 0.1) is 0 Å². The average molecular weight is 293 g/mol. The molecule has 114 valence electrons. The Bertz CT molecular complexity index is 585. The lowest BCUT2D eigenvalue weighted by atomic mass is 10.2. The summed E-state index contributed by atoms with van der Waals surface area (Å²) in [6, 6.07) is 0. The molecule has 0 unspecified atom stereocenters. The number of aryl methyl sites for hydroxylation is 1. The van der Waals surface area contributed by atoms with E-state index in [9.17, 15) is 9.59 Å². The van der Waals surface area contributed by atoms with E-state index in [1.54, 1.807) is 44.9 Å². The van der Waals surface area contributed by atoms with Gasteiger partial charge < -0.3 is 4.74 Å². The van der Waals surface area contributed by atoms with Gasteiger partial charge in [0.2, 0.25) is 5.91 Å². The highest BCUT2D eigenvalue weighted by Crippen LogP contribution is 2.15. The van der Waals surface area contributed by atoms with Crippen LogP contribution in [0.4, 0.5) is 10.5 Å². The molecule has 1 fully saturated rings. The molecule has 0 aromatic carbocycles. The second-order valence-corrected chi connectivity index (χ2v) is 5.83. The maximum Gasteiger partial charge on any atom is 0.417 e. The first-order chi connectivity index (χ1) is 9.74. The largest absolute Gasteiger partial charge is 0.443 e. The van der Waals surface area contributed by atoms with Crippen LogP contribution < -0.4 is 5.43 Å². The first-order valence-electron chi connectivity index (χ1n) is 6.58. The van der Waals surface area contributed by atoms with Crippen LogP contribution in [-0.2, 0) is 16.6 Å². The Balaban J connectivity index is 1.97. The minimum Gasteiger partial charge on any atom is -0.443 e. The zero-order valence-electron chi connectivity index (χ0n) is 12.6. The third kappa shape index (κ3) is 4.04. The van der Waals surface area contributed by atoms with E-state index in [-0.39, 0.29) is 18.9 Å². The van der Waals surface area contributed by atoms with Crippen molar-refractivity contribution in [2.24, 2.45) is 12.1 Å². The highest BCUT2D eigenvalue weighted by molar-refractivity contribution is 6.13. The van der Waals surface area contributed by atoms with Gasteiger partial charge in [-0.05, 0) is 20.8 Å². The van der Waals surface area contributed by atoms with Crippen LogP contribution in [-0.4, -0.2) is 44.5 Å². The van der Waals surface area contributed by atoms with Crippen LogP contribution >= 0.6 is 0 Å². The number of aromatic nitrogens is 2. The van der Waals surface area contributed by atoms with E-state index in [0.29, 0.717) is 11.4 Å². The molecule has 21 heavy (non-hydrogen) atoms. The van der Waals surface area contributed by atoms with Crippen LogP contribution in [0.1, 0.15) is 27.2 Å². The number of rotatable bonds is 2. The smallest absolute Gasteiger partial charge is 0.417 e. The van der Waals surface area contributed by atoms with Gasteiger partial charge in [-0.2, -0.15) is 10.2 Å². The number of amides is 2. The summed E-state index contributed by atoms with van der Waals surface area (Å²) in [7, 11) is 1.79. The van der Waals surface area contributed by atoms with E-state index in [4.69, 9.17) is 4.74 Å². The molecule has 0 atom stereocenters. The Kier molecular flexibility index (Phi) is 3.97. The van der Waals surface area contributed by atoms with E-state index in [2.05, 4.69) is 15.6 Å². The quantitative estimate of drug-likeness (QED) is 0.832. The van der Waals surface area contributed by atoms with Crippen LogP contribution in [0.25, 0.3) is 0 Å². The Morgan fingerprint density at radius 2 is 2.19 bits per heavy atom. The van der Waals surface area contributed by atoms with Crippen molar-refractivity contribution in [3.05, 3.63) is 12.4 Å². The van der Waals surface area contributed by atoms with Crippen molar-refractivity contribution in [2.45, 2.75) is 32.8 Å². The number of likely N-dealkylation sites (tertiary alicyclic amines) is 1. The highest BCUT2D eigenvalue weighted by atomic mass is 16.6. The lowest BCUT2D eigenvalue weighted by Crippen LogP contribution is -2.37. The molecule has 0 aliphatic carbocycles. The number of hydrazone groups is 1. The fourth-order valence-electron chi connectivity index (χ4n) is 1.78. The van der Waals surface area contributed by atoms with Crippen molar-refractivity contribution < 1.29 is 14.3 Å². The molecule has 8 heteroatoms. The molecule has 0 spiro atoms. The predicted molar refractivity (Wildman–Crippen MR) is 76.8 cm³/mol. The molecule has 2 heterocycles. The van der Waals surface area contributed by atoms with Gasteiger partial charge in [-0.15, -0.1) is 0 Å². The second-order valence-electron chi connectivity index (χ2n) is 5.83. The number of nitrogens with zero attached hydrogens (tertiary/aromatic N) is 4. The number of hydrogen-bond donors (Lipinski definition) is 1. The summed E-state index contributed by atoms with van der Waals surface area (Å²) in [5.41, 5.74) is 3.47. The van der Waals surface area contributed by atoms with E-state index in [1.807, 2.05) is 0 Å². The SMILES string of the molecule is Cn1cc(N/N=C2\CC(=O)N(C(=O)OC(C)(C)C)C2)cn1. The maximum atomic E-state index is 11.9. The number of nitrogens with one attached hydrogen (secondary N) is 1. The molecule has 1 aliphatic heterocycles. The number of carbonyl (C=O) groups excluding carboxylic acids is 2. The van der Waals surface area contributed by atoms with Gasteiger partial charge >= 0.3 is 6.09 Å². The van der Waals surface area contributed by atoms with Gasteiger partial charge in [0, 0.05) is 13.2 Å². The van der Waals surface area contributed by atoms with E-state index in [1.165, 1.54) is 0 Å². The summed E-state index contributed by atoms with van der Waals surface area (Å²) in [6.45, 7) is 5.40. The van der Waals surface area contributed by atoms with Gasteiger partial charge in [0.05, 0.1) is 30.6 Å².